The van der Waals surface area contributed by atoms with E-state index in [9.17, 15) is 0 Å². The molecule has 0 bridgehead atoms. The van der Waals surface area contributed by atoms with Gasteiger partial charge in [-0.2, -0.15) is 5.10 Å². The molecule has 4 nitrogen and oxygen atoms in total. The fourth-order valence-corrected chi connectivity index (χ4v) is 2.60. The van der Waals surface area contributed by atoms with Crippen LogP contribution in [0.5, 0.6) is 0 Å². The van der Waals surface area contributed by atoms with Gasteiger partial charge in [-0.15, -0.1) is 0 Å². The highest BCUT2D eigenvalue weighted by Gasteiger charge is 2.17. The maximum atomic E-state index is 6.00. The molecule has 3 N–H and O–H groups in total. The second-order valence-electron chi connectivity index (χ2n) is 4.56. The van der Waals surface area contributed by atoms with Gasteiger partial charge in [0.2, 0.25) is 0 Å². The van der Waals surface area contributed by atoms with Crippen LogP contribution >= 0.6 is 15.9 Å². The lowest BCUT2D eigenvalue weighted by atomic mass is 10.0. The molecule has 0 atom stereocenters. The van der Waals surface area contributed by atoms with E-state index < -0.39 is 0 Å². The summed E-state index contributed by atoms with van der Waals surface area (Å²) >= 11 is 3.57. The first-order chi connectivity index (χ1) is 9.66. The van der Waals surface area contributed by atoms with Crippen molar-refractivity contribution < 1.29 is 0 Å². The van der Waals surface area contributed by atoms with Crippen LogP contribution in [0.4, 0.5) is 5.82 Å². The SMILES string of the molecule is Cc1ccc(Br)c(-c2[nH]nc(N)c2-c2ccccn2)c1. The third-order valence-electron chi connectivity index (χ3n) is 3.11. The lowest BCUT2D eigenvalue weighted by Gasteiger charge is -2.07. The molecule has 0 saturated carbocycles. The molecule has 0 amide bonds. The van der Waals surface area contributed by atoms with Crippen molar-refractivity contribution in [2.24, 2.45) is 0 Å². The molecule has 5 heteroatoms. The zero-order valence-corrected chi connectivity index (χ0v) is 12.5. The Balaban J connectivity index is 2.24. The van der Waals surface area contributed by atoms with Crippen LogP contribution in [0, 0.1) is 6.92 Å². The van der Waals surface area contributed by atoms with Crippen LogP contribution in [0.1, 0.15) is 5.56 Å². The van der Waals surface area contributed by atoms with Gasteiger partial charge in [0.1, 0.15) is 0 Å². The minimum atomic E-state index is 0.451. The Morgan fingerprint density at radius 3 is 2.80 bits per heavy atom. The lowest BCUT2D eigenvalue weighted by molar-refractivity contribution is 1.10. The molecule has 0 aliphatic heterocycles. The summed E-state index contributed by atoms with van der Waals surface area (Å²) in [5, 5.41) is 7.14. The molecule has 0 saturated heterocycles. The molecule has 0 fully saturated rings. The van der Waals surface area contributed by atoms with Gasteiger partial charge in [0.05, 0.1) is 17.0 Å². The number of aryl methyl sites for hydroxylation is 1. The number of rotatable bonds is 2. The Bertz CT molecular complexity index is 750. The summed E-state index contributed by atoms with van der Waals surface area (Å²) in [6, 6.07) is 11.9. The Morgan fingerprint density at radius 1 is 1.20 bits per heavy atom. The number of nitrogens with two attached hydrogens (primary N) is 1. The third-order valence-corrected chi connectivity index (χ3v) is 3.80. The summed E-state index contributed by atoms with van der Waals surface area (Å²) in [5.74, 6) is 0.451. The van der Waals surface area contributed by atoms with Crippen molar-refractivity contribution in [3.05, 3.63) is 52.6 Å². The van der Waals surface area contributed by atoms with Crippen LogP contribution in [0.2, 0.25) is 0 Å². The number of hydrogen-bond acceptors (Lipinski definition) is 3. The van der Waals surface area contributed by atoms with E-state index >= 15 is 0 Å². The van der Waals surface area contributed by atoms with E-state index in [1.807, 2.05) is 30.3 Å². The molecule has 2 aromatic heterocycles. The van der Waals surface area contributed by atoms with E-state index in [4.69, 9.17) is 5.73 Å². The molecular formula is C15H13BrN4. The second-order valence-corrected chi connectivity index (χ2v) is 5.41. The van der Waals surface area contributed by atoms with Crippen LogP contribution in [-0.4, -0.2) is 15.2 Å². The van der Waals surface area contributed by atoms with Gasteiger partial charge in [-0.3, -0.25) is 10.1 Å². The number of H-pyrrole nitrogens is 1. The average molecular weight is 329 g/mol. The zero-order chi connectivity index (χ0) is 14.1. The van der Waals surface area contributed by atoms with Gasteiger partial charge in [-0.05, 0) is 31.2 Å². The van der Waals surface area contributed by atoms with E-state index in [0.717, 1.165) is 27.0 Å². The smallest absolute Gasteiger partial charge is 0.155 e. The van der Waals surface area contributed by atoms with Crippen molar-refractivity contribution in [3.8, 4) is 22.5 Å². The van der Waals surface area contributed by atoms with E-state index in [0.29, 0.717) is 5.82 Å². The first-order valence-electron chi connectivity index (χ1n) is 6.18. The third kappa shape index (κ3) is 2.20. The van der Waals surface area contributed by atoms with E-state index in [1.165, 1.54) is 5.56 Å². The maximum Gasteiger partial charge on any atom is 0.155 e. The number of halogens is 1. The van der Waals surface area contributed by atoms with Crippen molar-refractivity contribution in [1.29, 1.82) is 0 Å². The first-order valence-corrected chi connectivity index (χ1v) is 6.98. The Kier molecular flexibility index (Phi) is 3.28. The fourth-order valence-electron chi connectivity index (χ4n) is 2.15. The molecule has 100 valence electrons. The number of aromatic nitrogens is 3. The number of aromatic amines is 1. The van der Waals surface area contributed by atoms with Gasteiger partial charge in [0.15, 0.2) is 5.82 Å². The van der Waals surface area contributed by atoms with Gasteiger partial charge in [-0.1, -0.05) is 33.6 Å². The predicted molar refractivity (Wildman–Crippen MR) is 84.1 cm³/mol. The molecule has 2 heterocycles. The Labute approximate surface area is 125 Å². The van der Waals surface area contributed by atoms with Gasteiger partial charge in [0.25, 0.3) is 0 Å². The summed E-state index contributed by atoms with van der Waals surface area (Å²) in [5.41, 5.74) is 10.7. The first kappa shape index (κ1) is 12.9. The van der Waals surface area contributed by atoms with Gasteiger partial charge in [0, 0.05) is 16.2 Å². The molecule has 0 radical (unpaired) electrons. The quantitative estimate of drug-likeness (QED) is 0.752. The normalized spacial score (nSPS) is 10.7. The number of nitrogens with zero attached hydrogens (tertiary/aromatic N) is 2. The number of pyridine rings is 1. The molecular weight excluding hydrogens is 316 g/mol. The number of benzene rings is 1. The van der Waals surface area contributed by atoms with Crippen LogP contribution in [-0.2, 0) is 0 Å². The lowest BCUT2D eigenvalue weighted by Crippen LogP contribution is -1.91. The predicted octanol–water partition coefficient (Wildman–Crippen LogP) is 3.79. The summed E-state index contributed by atoms with van der Waals surface area (Å²) < 4.78 is 0.990. The van der Waals surface area contributed by atoms with Gasteiger partial charge in [-0.25, -0.2) is 0 Å². The minimum Gasteiger partial charge on any atom is -0.382 e. The molecule has 1 aromatic carbocycles. The van der Waals surface area contributed by atoms with Gasteiger partial charge >= 0.3 is 0 Å². The van der Waals surface area contributed by atoms with Crippen molar-refractivity contribution in [2.45, 2.75) is 6.92 Å². The molecule has 0 unspecified atom stereocenters. The second kappa shape index (κ2) is 5.09. The topological polar surface area (TPSA) is 67.6 Å². The van der Waals surface area contributed by atoms with Crippen LogP contribution in [0.15, 0.2) is 47.1 Å². The fraction of sp³-hybridized carbons (Fsp3) is 0.0667. The van der Waals surface area contributed by atoms with Crippen molar-refractivity contribution in [2.75, 3.05) is 5.73 Å². The summed E-state index contributed by atoms with van der Waals surface area (Å²) in [6.07, 6.45) is 1.75. The highest BCUT2D eigenvalue weighted by atomic mass is 79.9. The number of hydrogen-bond donors (Lipinski definition) is 2. The van der Waals surface area contributed by atoms with Crippen LogP contribution in [0.3, 0.4) is 0 Å². The van der Waals surface area contributed by atoms with Crippen molar-refractivity contribution in [1.82, 2.24) is 15.2 Å². The van der Waals surface area contributed by atoms with E-state index in [-0.39, 0.29) is 0 Å². The highest BCUT2D eigenvalue weighted by molar-refractivity contribution is 9.10. The largest absolute Gasteiger partial charge is 0.382 e. The van der Waals surface area contributed by atoms with Crippen LogP contribution in [0.25, 0.3) is 22.5 Å². The van der Waals surface area contributed by atoms with Crippen molar-refractivity contribution >= 4 is 21.7 Å². The average Bonchev–Trinajstić information content (AvgIpc) is 2.84. The summed E-state index contributed by atoms with van der Waals surface area (Å²) in [6.45, 7) is 2.05. The Morgan fingerprint density at radius 2 is 2.05 bits per heavy atom. The number of nitrogen functional groups attached to an aromatic ring is 1. The maximum absolute atomic E-state index is 6.00. The number of nitrogens with one attached hydrogen (secondary N) is 1. The van der Waals surface area contributed by atoms with E-state index in [2.05, 4.69) is 44.1 Å². The monoisotopic (exact) mass is 328 g/mol. The number of anilines is 1. The van der Waals surface area contributed by atoms with Gasteiger partial charge < -0.3 is 5.73 Å². The van der Waals surface area contributed by atoms with Crippen molar-refractivity contribution in [3.63, 3.8) is 0 Å². The summed E-state index contributed by atoms with van der Waals surface area (Å²) in [4.78, 5) is 4.36. The van der Waals surface area contributed by atoms with Crippen LogP contribution < -0.4 is 5.73 Å². The highest BCUT2D eigenvalue weighted by Crippen LogP contribution is 2.37. The standard InChI is InChI=1S/C15H13BrN4/c1-9-5-6-11(16)10(8-9)14-13(15(17)20-19-14)12-4-2-3-7-18-12/h2-8H,1H3,(H3,17,19,20). The minimum absolute atomic E-state index is 0.451. The molecule has 0 spiro atoms. The molecule has 3 rings (SSSR count). The molecule has 0 aliphatic rings. The zero-order valence-electron chi connectivity index (χ0n) is 10.9. The Hall–Kier alpha value is -2.14. The molecule has 0 aliphatic carbocycles. The molecule has 3 aromatic rings. The van der Waals surface area contributed by atoms with E-state index in [1.54, 1.807) is 6.20 Å². The summed E-state index contributed by atoms with van der Waals surface area (Å²) in [7, 11) is 0. The molecule has 20 heavy (non-hydrogen) atoms.